The first kappa shape index (κ1) is 36.5. The highest BCUT2D eigenvalue weighted by atomic mass is 35.5. The van der Waals surface area contributed by atoms with Gasteiger partial charge in [-0.2, -0.15) is 5.10 Å². The minimum absolute atomic E-state index is 0.114. The molecule has 1 amide bonds. The van der Waals surface area contributed by atoms with E-state index in [9.17, 15) is 4.79 Å². The van der Waals surface area contributed by atoms with E-state index in [1.165, 1.54) is 0 Å². The van der Waals surface area contributed by atoms with Crippen LogP contribution in [0.3, 0.4) is 0 Å². The Bertz CT molecular complexity index is 1250. The van der Waals surface area contributed by atoms with Gasteiger partial charge in [0.2, 0.25) is 5.28 Å². The van der Waals surface area contributed by atoms with Crippen LogP contribution in [-0.4, -0.2) is 85.6 Å². The Morgan fingerprint density at radius 1 is 1.02 bits per heavy atom. The van der Waals surface area contributed by atoms with Crippen LogP contribution in [-0.2, 0) is 20.6 Å². The van der Waals surface area contributed by atoms with Crippen LogP contribution in [0.25, 0.3) is 11.4 Å². The Balaban J connectivity index is 1.81. The van der Waals surface area contributed by atoms with Crippen molar-refractivity contribution in [2.75, 3.05) is 32.9 Å². The quantitative estimate of drug-likeness (QED) is 0.128. The third-order valence-electron chi connectivity index (χ3n) is 8.15. The fourth-order valence-corrected chi connectivity index (χ4v) is 6.36. The summed E-state index contributed by atoms with van der Waals surface area (Å²) in [6, 6.07) is 3.11. The summed E-state index contributed by atoms with van der Waals surface area (Å²) in [7, 11) is -3.15. The van der Waals surface area contributed by atoms with E-state index in [0.717, 1.165) is 30.3 Å². The minimum Gasteiger partial charge on any atom is -0.487 e. The van der Waals surface area contributed by atoms with Crippen molar-refractivity contribution in [3.8, 4) is 17.1 Å². The molecule has 248 valence electrons. The molecule has 10 nitrogen and oxygen atoms in total. The SMILES string of the molecule is CC(C)(C)OC(=O)N1CCC(c2cc(-c3nc(Cl)ncc3OCCO[Si](C)(C)C(C)(C)C)n(COCC[Si](C)(C)C)n2)CC1. The van der Waals surface area contributed by atoms with Gasteiger partial charge in [0.25, 0.3) is 0 Å². The molecule has 3 heterocycles. The van der Waals surface area contributed by atoms with E-state index >= 15 is 0 Å². The number of hydrogen-bond acceptors (Lipinski definition) is 8. The highest BCUT2D eigenvalue weighted by Gasteiger charge is 2.37. The molecule has 0 aromatic carbocycles. The molecule has 0 atom stereocenters. The lowest BCUT2D eigenvalue weighted by Crippen LogP contribution is -2.41. The molecule has 0 bridgehead atoms. The number of carbonyl (C=O) groups excluding carboxylic acids is 1. The van der Waals surface area contributed by atoms with Crippen molar-refractivity contribution < 1.29 is 23.4 Å². The molecule has 0 spiro atoms. The van der Waals surface area contributed by atoms with Gasteiger partial charge in [-0.1, -0.05) is 40.4 Å². The van der Waals surface area contributed by atoms with Crippen molar-refractivity contribution in [2.45, 2.75) is 116 Å². The number of nitrogens with zero attached hydrogens (tertiary/aromatic N) is 5. The molecule has 2 aromatic rings. The van der Waals surface area contributed by atoms with Gasteiger partial charge in [0, 0.05) is 33.7 Å². The summed E-state index contributed by atoms with van der Waals surface area (Å²) >= 11 is 6.31. The first-order chi connectivity index (χ1) is 20.3. The average molecular weight is 668 g/mol. The Morgan fingerprint density at radius 2 is 1.68 bits per heavy atom. The third-order valence-corrected chi connectivity index (χ3v) is 14.6. The molecule has 1 fully saturated rings. The van der Waals surface area contributed by atoms with Crippen LogP contribution in [0.15, 0.2) is 12.3 Å². The van der Waals surface area contributed by atoms with Crippen molar-refractivity contribution in [1.29, 1.82) is 0 Å². The Morgan fingerprint density at radius 3 is 2.27 bits per heavy atom. The molecule has 0 saturated carbocycles. The second-order valence-electron chi connectivity index (χ2n) is 15.4. The van der Waals surface area contributed by atoms with E-state index in [1.807, 2.05) is 31.5 Å². The summed E-state index contributed by atoms with van der Waals surface area (Å²) in [6.45, 7) is 26.8. The van der Waals surface area contributed by atoms with E-state index in [-0.39, 0.29) is 29.1 Å². The molecule has 3 rings (SSSR count). The fourth-order valence-electron chi connectivity index (χ4n) is 4.44. The maximum atomic E-state index is 12.6. The molecule has 1 aliphatic rings. The van der Waals surface area contributed by atoms with Crippen LogP contribution < -0.4 is 4.74 Å². The van der Waals surface area contributed by atoms with Gasteiger partial charge in [0.1, 0.15) is 24.6 Å². The lowest BCUT2D eigenvalue weighted by molar-refractivity contribution is 0.0203. The zero-order chi connectivity index (χ0) is 32.9. The van der Waals surface area contributed by atoms with Gasteiger partial charge in [-0.3, -0.25) is 0 Å². The van der Waals surface area contributed by atoms with Gasteiger partial charge in [-0.05, 0) is 75.5 Å². The normalized spacial score (nSPS) is 15.5. The zero-order valence-corrected chi connectivity index (χ0v) is 31.5. The minimum atomic E-state index is -1.90. The maximum absolute atomic E-state index is 12.6. The number of amides is 1. The molecule has 2 aromatic heterocycles. The molecule has 44 heavy (non-hydrogen) atoms. The van der Waals surface area contributed by atoms with Gasteiger partial charge < -0.3 is 23.5 Å². The van der Waals surface area contributed by atoms with Crippen molar-refractivity contribution in [3.63, 3.8) is 0 Å². The molecule has 1 aliphatic heterocycles. The number of carbonyl (C=O) groups is 1. The van der Waals surface area contributed by atoms with Gasteiger partial charge in [-0.25, -0.2) is 19.4 Å². The van der Waals surface area contributed by atoms with Crippen molar-refractivity contribution in [2.24, 2.45) is 0 Å². The molecule has 0 unspecified atom stereocenters. The summed E-state index contributed by atoms with van der Waals surface area (Å²) in [5.74, 6) is 0.693. The molecule has 0 radical (unpaired) electrons. The number of ether oxygens (including phenoxy) is 3. The van der Waals surface area contributed by atoms with Gasteiger partial charge in [-0.15, -0.1) is 0 Å². The second-order valence-corrected chi connectivity index (χ2v) is 26.1. The first-order valence-electron chi connectivity index (χ1n) is 15.7. The van der Waals surface area contributed by atoms with Crippen molar-refractivity contribution >= 4 is 34.1 Å². The molecule has 0 N–H and O–H groups in total. The first-order valence-corrected chi connectivity index (χ1v) is 22.7. The Hall–Kier alpha value is -2.00. The Kier molecular flexibility index (Phi) is 12.1. The average Bonchev–Trinajstić information content (AvgIpc) is 3.31. The number of rotatable bonds is 12. The predicted octanol–water partition coefficient (Wildman–Crippen LogP) is 7.82. The van der Waals surface area contributed by atoms with E-state index in [1.54, 1.807) is 11.1 Å². The van der Waals surface area contributed by atoms with Crippen molar-refractivity contribution in [1.82, 2.24) is 24.6 Å². The largest absolute Gasteiger partial charge is 0.487 e. The predicted molar refractivity (Wildman–Crippen MR) is 181 cm³/mol. The molecule has 13 heteroatoms. The Labute approximate surface area is 271 Å². The summed E-state index contributed by atoms with van der Waals surface area (Å²) < 4.78 is 26.1. The van der Waals surface area contributed by atoms with Crippen LogP contribution in [0.1, 0.15) is 66.0 Å². The summed E-state index contributed by atoms with van der Waals surface area (Å²) in [4.78, 5) is 23.2. The van der Waals surface area contributed by atoms with Gasteiger partial charge in [0.15, 0.2) is 14.1 Å². The molecule has 0 aliphatic carbocycles. The number of piperidine rings is 1. The highest BCUT2D eigenvalue weighted by Crippen LogP contribution is 2.37. The van der Waals surface area contributed by atoms with Crippen LogP contribution in [0.5, 0.6) is 5.75 Å². The second kappa shape index (κ2) is 14.6. The zero-order valence-electron chi connectivity index (χ0n) is 28.8. The fraction of sp³-hybridized carbons (Fsp3) is 0.742. The molecular weight excluding hydrogens is 614 g/mol. The third kappa shape index (κ3) is 10.8. The summed E-state index contributed by atoms with van der Waals surface area (Å²) in [5, 5.41) is 5.23. The number of halogens is 1. The van der Waals surface area contributed by atoms with Crippen molar-refractivity contribution in [3.05, 3.63) is 23.2 Å². The van der Waals surface area contributed by atoms with E-state index < -0.39 is 22.0 Å². The lowest BCUT2D eigenvalue weighted by atomic mass is 9.93. The monoisotopic (exact) mass is 667 g/mol. The molecular formula is C31H54ClN5O5Si2. The maximum Gasteiger partial charge on any atom is 0.410 e. The number of hydrogen-bond donors (Lipinski definition) is 0. The van der Waals surface area contributed by atoms with E-state index in [2.05, 4.69) is 63.5 Å². The van der Waals surface area contributed by atoms with Gasteiger partial charge >= 0.3 is 6.09 Å². The highest BCUT2D eigenvalue weighted by molar-refractivity contribution is 6.76. The lowest BCUT2D eigenvalue weighted by Gasteiger charge is -2.36. The smallest absolute Gasteiger partial charge is 0.410 e. The number of aromatic nitrogens is 4. The van der Waals surface area contributed by atoms with E-state index in [4.69, 9.17) is 35.3 Å². The topological polar surface area (TPSA) is 101 Å². The summed E-state index contributed by atoms with van der Waals surface area (Å²) in [6.07, 6.45) is 2.91. The van der Waals surface area contributed by atoms with Crippen LogP contribution >= 0.6 is 11.6 Å². The van der Waals surface area contributed by atoms with Crippen LogP contribution in [0, 0.1) is 0 Å². The van der Waals surface area contributed by atoms with Crippen LogP contribution in [0.4, 0.5) is 4.79 Å². The summed E-state index contributed by atoms with van der Waals surface area (Å²) in [5.41, 5.74) is 1.73. The standard InChI is InChI=1S/C31H54ClN5O5Si2/c1-30(2,3)42-29(38)36-14-12-23(13-15-36)24-20-25(37(35-24)22-39-18-19-43(7,8)9)27-26(21-33-28(32)34-27)40-16-17-41-44(10,11)31(4,5)6/h20-21,23H,12-19,22H2,1-11H3. The molecule has 1 saturated heterocycles. The number of likely N-dealkylation sites (tertiary alicyclic amines) is 1. The van der Waals surface area contributed by atoms with E-state index in [0.29, 0.717) is 44.4 Å². The van der Waals surface area contributed by atoms with Gasteiger partial charge in [0.05, 0.1) is 24.2 Å². The van der Waals surface area contributed by atoms with Crippen LogP contribution in [0.2, 0.25) is 49.1 Å².